The summed E-state index contributed by atoms with van der Waals surface area (Å²) in [4.78, 5) is 30.8. The van der Waals surface area contributed by atoms with Gasteiger partial charge in [0.25, 0.3) is 0 Å². The first kappa shape index (κ1) is 20.8. The Balaban J connectivity index is 1.77. The van der Waals surface area contributed by atoms with Gasteiger partial charge in [-0.25, -0.2) is 4.79 Å². The average Bonchev–Trinajstić information content (AvgIpc) is 2.78. The van der Waals surface area contributed by atoms with Crippen molar-refractivity contribution in [1.29, 1.82) is 0 Å². The molecule has 0 radical (unpaired) electrons. The first-order chi connectivity index (χ1) is 15.0. The van der Waals surface area contributed by atoms with Crippen LogP contribution < -0.4 is 10.1 Å². The highest BCUT2D eigenvalue weighted by atomic mass is 16.5. The molecule has 6 heteroatoms. The van der Waals surface area contributed by atoms with Crippen molar-refractivity contribution in [2.45, 2.75) is 38.5 Å². The fourth-order valence-corrected chi connectivity index (χ4v) is 4.49. The third kappa shape index (κ3) is 3.98. The van der Waals surface area contributed by atoms with Crippen molar-refractivity contribution in [3.05, 3.63) is 82.5 Å². The van der Waals surface area contributed by atoms with Gasteiger partial charge in [-0.15, -0.1) is 0 Å². The second kappa shape index (κ2) is 8.76. The van der Waals surface area contributed by atoms with Crippen molar-refractivity contribution in [1.82, 2.24) is 10.3 Å². The van der Waals surface area contributed by atoms with E-state index in [1.165, 1.54) is 0 Å². The van der Waals surface area contributed by atoms with Crippen LogP contribution >= 0.6 is 0 Å². The topological polar surface area (TPSA) is 77.5 Å². The number of benzene rings is 1. The minimum absolute atomic E-state index is 0.0199. The summed E-state index contributed by atoms with van der Waals surface area (Å²) in [5.74, 6) is -0.122. The van der Waals surface area contributed by atoms with Gasteiger partial charge in [-0.05, 0) is 56.0 Å². The molecule has 4 rings (SSSR count). The predicted octanol–water partition coefficient (Wildman–Crippen LogP) is 4.01. The van der Waals surface area contributed by atoms with Crippen LogP contribution in [0.15, 0.2) is 71.2 Å². The number of aromatic nitrogens is 1. The van der Waals surface area contributed by atoms with Crippen molar-refractivity contribution < 1.29 is 19.1 Å². The number of esters is 1. The molecule has 2 heterocycles. The summed E-state index contributed by atoms with van der Waals surface area (Å²) in [7, 11) is 1.64. The number of pyridine rings is 1. The number of Topliss-reactive ketones (excluding diaryl/α,β-unsaturated/α-hetero) is 1. The number of allylic oxidation sites excluding steroid dienone is 3. The molecule has 2 aromatic rings. The highest BCUT2D eigenvalue weighted by Gasteiger charge is 2.42. The van der Waals surface area contributed by atoms with Gasteiger partial charge in [0.15, 0.2) is 5.78 Å². The van der Waals surface area contributed by atoms with E-state index in [0.29, 0.717) is 35.4 Å². The van der Waals surface area contributed by atoms with Gasteiger partial charge in [-0.2, -0.15) is 0 Å². The van der Waals surface area contributed by atoms with E-state index in [2.05, 4.69) is 10.3 Å². The Labute approximate surface area is 182 Å². The van der Waals surface area contributed by atoms with Crippen molar-refractivity contribution in [2.24, 2.45) is 0 Å². The fraction of sp³-hybridized carbons (Fsp3) is 0.320. The summed E-state index contributed by atoms with van der Waals surface area (Å²) in [5.41, 5.74) is 4.36. The molecule has 0 spiro atoms. The molecule has 1 aliphatic heterocycles. The van der Waals surface area contributed by atoms with Crippen LogP contribution in [0.1, 0.15) is 49.8 Å². The Hall–Kier alpha value is -3.41. The zero-order chi connectivity index (χ0) is 22.0. The molecule has 1 N–H and O–H groups in total. The summed E-state index contributed by atoms with van der Waals surface area (Å²) >= 11 is 0. The van der Waals surface area contributed by atoms with Gasteiger partial charge >= 0.3 is 5.97 Å². The Morgan fingerprint density at radius 3 is 2.74 bits per heavy atom. The van der Waals surface area contributed by atoms with E-state index < -0.39 is 11.9 Å². The van der Waals surface area contributed by atoms with Crippen LogP contribution in [0, 0.1) is 0 Å². The molecule has 31 heavy (non-hydrogen) atoms. The molecule has 0 saturated carbocycles. The number of hydrogen-bond donors (Lipinski definition) is 1. The molecule has 0 bridgehead atoms. The summed E-state index contributed by atoms with van der Waals surface area (Å²) in [6.07, 6.45) is 2.72. The molecular weight excluding hydrogens is 392 g/mol. The molecule has 0 amide bonds. The molecule has 6 nitrogen and oxygen atoms in total. The zero-order valence-electron chi connectivity index (χ0n) is 18.0. The minimum Gasteiger partial charge on any atom is -0.497 e. The molecule has 2 atom stereocenters. The van der Waals surface area contributed by atoms with Crippen LogP contribution in [0.5, 0.6) is 5.75 Å². The van der Waals surface area contributed by atoms with Gasteiger partial charge < -0.3 is 14.8 Å². The number of dihydropyridines is 1. The third-order valence-electron chi connectivity index (χ3n) is 5.87. The molecule has 0 saturated heterocycles. The van der Waals surface area contributed by atoms with E-state index >= 15 is 0 Å². The molecule has 1 aromatic carbocycles. The van der Waals surface area contributed by atoms with Crippen molar-refractivity contribution in [2.75, 3.05) is 13.7 Å². The second-order valence-electron chi connectivity index (χ2n) is 7.77. The van der Waals surface area contributed by atoms with Crippen LogP contribution in [-0.4, -0.2) is 30.5 Å². The zero-order valence-corrected chi connectivity index (χ0v) is 18.0. The van der Waals surface area contributed by atoms with Crippen molar-refractivity contribution in [3.63, 3.8) is 0 Å². The molecule has 160 valence electrons. The average molecular weight is 418 g/mol. The first-order valence-electron chi connectivity index (χ1n) is 10.5. The standard InChI is InChI=1S/C25H26N2O4/c1-4-31-25(29)22-15(2)27-20-13-17(16-8-7-9-18(12-16)30-3)14-21(28)23(20)24(22)19-10-5-6-11-26-19/h5-12,17,24,27H,4,13-14H2,1-3H3. The third-order valence-corrected chi connectivity index (χ3v) is 5.87. The molecule has 1 aliphatic carbocycles. The number of rotatable bonds is 5. The number of hydrogen-bond acceptors (Lipinski definition) is 6. The van der Waals surface area contributed by atoms with Gasteiger partial charge in [0.1, 0.15) is 5.75 Å². The molecule has 0 fully saturated rings. The second-order valence-corrected chi connectivity index (χ2v) is 7.77. The lowest BCUT2D eigenvalue weighted by molar-refractivity contribution is -0.138. The number of methoxy groups -OCH3 is 1. The number of nitrogens with zero attached hydrogens (tertiary/aromatic N) is 1. The van der Waals surface area contributed by atoms with Crippen LogP contribution in [0.2, 0.25) is 0 Å². The molecular formula is C25H26N2O4. The van der Waals surface area contributed by atoms with Gasteiger partial charge in [0, 0.05) is 29.6 Å². The maximum Gasteiger partial charge on any atom is 0.336 e. The van der Waals surface area contributed by atoms with Crippen molar-refractivity contribution >= 4 is 11.8 Å². The van der Waals surface area contributed by atoms with E-state index in [1.807, 2.05) is 49.4 Å². The van der Waals surface area contributed by atoms with Gasteiger partial charge in [-0.3, -0.25) is 9.78 Å². The molecule has 2 unspecified atom stereocenters. The van der Waals surface area contributed by atoms with Crippen molar-refractivity contribution in [3.8, 4) is 5.75 Å². The summed E-state index contributed by atoms with van der Waals surface area (Å²) in [6.45, 7) is 3.89. The van der Waals surface area contributed by atoms with Gasteiger partial charge in [0.05, 0.1) is 30.9 Å². The number of ketones is 1. The normalized spacial score (nSPS) is 20.8. The van der Waals surface area contributed by atoms with Crippen LogP contribution in [0.3, 0.4) is 0 Å². The molecule has 1 aromatic heterocycles. The monoisotopic (exact) mass is 418 g/mol. The Morgan fingerprint density at radius 2 is 2.03 bits per heavy atom. The maximum atomic E-state index is 13.5. The first-order valence-corrected chi connectivity index (χ1v) is 10.5. The van der Waals surface area contributed by atoms with E-state index in [1.54, 1.807) is 20.2 Å². The summed E-state index contributed by atoms with van der Waals surface area (Å²) in [5, 5.41) is 3.34. The number of carbonyl (C=O) groups excluding carboxylic acids is 2. The van der Waals surface area contributed by atoms with Crippen LogP contribution in [0.4, 0.5) is 0 Å². The fourth-order valence-electron chi connectivity index (χ4n) is 4.49. The maximum absolute atomic E-state index is 13.5. The molecule has 2 aliphatic rings. The Bertz CT molecular complexity index is 1070. The highest BCUT2D eigenvalue weighted by Crippen LogP contribution is 2.45. The summed E-state index contributed by atoms with van der Waals surface area (Å²) in [6, 6.07) is 13.4. The lowest BCUT2D eigenvalue weighted by atomic mass is 9.73. The van der Waals surface area contributed by atoms with Gasteiger partial charge in [-0.1, -0.05) is 18.2 Å². The lowest BCUT2D eigenvalue weighted by Gasteiger charge is -2.36. The number of nitrogens with one attached hydrogen (secondary N) is 1. The summed E-state index contributed by atoms with van der Waals surface area (Å²) < 4.78 is 10.7. The quantitative estimate of drug-likeness (QED) is 0.739. The lowest BCUT2D eigenvalue weighted by Crippen LogP contribution is -2.36. The minimum atomic E-state index is -0.532. The van der Waals surface area contributed by atoms with E-state index in [4.69, 9.17) is 9.47 Å². The van der Waals surface area contributed by atoms with Crippen LogP contribution in [0.25, 0.3) is 0 Å². The number of carbonyl (C=O) groups is 2. The SMILES string of the molecule is CCOC(=O)C1=C(C)NC2=C(C(=O)CC(c3cccc(OC)c3)C2)C1c1ccccn1. The number of ether oxygens (including phenoxy) is 2. The van der Waals surface area contributed by atoms with E-state index in [9.17, 15) is 9.59 Å². The Morgan fingerprint density at radius 1 is 1.19 bits per heavy atom. The smallest absolute Gasteiger partial charge is 0.336 e. The van der Waals surface area contributed by atoms with Crippen LogP contribution in [-0.2, 0) is 14.3 Å². The largest absolute Gasteiger partial charge is 0.497 e. The van der Waals surface area contributed by atoms with E-state index in [0.717, 1.165) is 17.0 Å². The predicted molar refractivity (Wildman–Crippen MR) is 116 cm³/mol. The van der Waals surface area contributed by atoms with Gasteiger partial charge in [0.2, 0.25) is 0 Å². The Kier molecular flexibility index (Phi) is 5.89. The highest BCUT2D eigenvalue weighted by molar-refractivity contribution is 6.04. The van der Waals surface area contributed by atoms with E-state index in [-0.39, 0.29) is 18.3 Å².